The fourth-order valence-corrected chi connectivity index (χ4v) is 3.18. The number of methoxy groups -OCH3 is 1. The zero-order chi connectivity index (χ0) is 20.2. The molecule has 148 valence electrons. The molecule has 3 aromatic heterocycles. The van der Waals surface area contributed by atoms with Crippen LogP contribution >= 0.6 is 0 Å². The van der Waals surface area contributed by atoms with E-state index in [0.717, 1.165) is 41.3 Å². The summed E-state index contributed by atoms with van der Waals surface area (Å²) in [6, 6.07) is 15.2. The minimum atomic E-state index is -0.147. The first-order valence-electron chi connectivity index (χ1n) is 9.41. The smallest absolute Gasteiger partial charge is 0.269 e. The van der Waals surface area contributed by atoms with Crippen molar-refractivity contribution >= 4 is 11.6 Å². The summed E-state index contributed by atoms with van der Waals surface area (Å²) in [5.41, 5.74) is 3.02. The number of rotatable bonds is 7. The monoisotopic (exact) mass is 390 g/mol. The number of carbonyl (C=O) groups is 1. The summed E-state index contributed by atoms with van der Waals surface area (Å²) in [5, 5.41) is 15.8. The quantitative estimate of drug-likeness (QED) is 0.490. The van der Waals surface area contributed by atoms with Crippen LogP contribution in [-0.2, 0) is 13.5 Å². The van der Waals surface area contributed by atoms with Crippen molar-refractivity contribution < 1.29 is 9.53 Å². The highest BCUT2D eigenvalue weighted by Crippen LogP contribution is 2.22. The molecular formula is C21H22N6O2. The topological polar surface area (TPSA) is 86.3 Å². The summed E-state index contributed by atoms with van der Waals surface area (Å²) < 4.78 is 8.74. The third-order valence-electron chi connectivity index (χ3n) is 4.75. The van der Waals surface area contributed by atoms with Gasteiger partial charge in [0.15, 0.2) is 5.65 Å². The lowest BCUT2D eigenvalue weighted by Crippen LogP contribution is -2.26. The molecule has 0 saturated carbocycles. The Bertz CT molecular complexity index is 1130. The van der Waals surface area contributed by atoms with Crippen LogP contribution in [0, 0.1) is 0 Å². The van der Waals surface area contributed by atoms with Crippen molar-refractivity contribution in [2.75, 3.05) is 13.7 Å². The summed E-state index contributed by atoms with van der Waals surface area (Å²) in [6.07, 6.45) is 3.44. The second-order valence-electron chi connectivity index (χ2n) is 6.67. The fourth-order valence-electron chi connectivity index (χ4n) is 3.18. The van der Waals surface area contributed by atoms with Crippen molar-refractivity contribution in [3.05, 3.63) is 66.2 Å². The minimum Gasteiger partial charge on any atom is -0.497 e. The Labute approximate surface area is 168 Å². The van der Waals surface area contributed by atoms with Gasteiger partial charge in [0, 0.05) is 31.8 Å². The lowest BCUT2D eigenvalue weighted by Gasteiger charge is -2.04. The highest BCUT2D eigenvalue weighted by atomic mass is 16.5. The number of carbonyl (C=O) groups excluding carboxylic acids is 1. The second-order valence-corrected chi connectivity index (χ2v) is 6.67. The molecule has 8 nitrogen and oxygen atoms in total. The first kappa shape index (κ1) is 18.7. The van der Waals surface area contributed by atoms with Crippen LogP contribution in [0.4, 0.5) is 0 Å². The van der Waals surface area contributed by atoms with Crippen LogP contribution in [0.5, 0.6) is 5.75 Å². The van der Waals surface area contributed by atoms with Gasteiger partial charge in [0.2, 0.25) is 0 Å². The van der Waals surface area contributed by atoms with E-state index in [0.29, 0.717) is 12.2 Å². The van der Waals surface area contributed by atoms with Crippen molar-refractivity contribution in [2.24, 2.45) is 7.05 Å². The van der Waals surface area contributed by atoms with Crippen molar-refractivity contribution in [1.82, 2.24) is 29.7 Å². The van der Waals surface area contributed by atoms with E-state index in [1.807, 2.05) is 53.1 Å². The Balaban J connectivity index is 1.35. The Kier molecular flexibility index (Phi) is 5.24. The number of nitrogens with zero attached hydrogens (tertiary/aromatic N) is 5. The van der Waals surface area contributed by atoms with E-state index in [1.165, 1.54) is 0 Å². The third-order valence-corrected chi connectivity index (χ3v) is 4.75. The van der Waals surface area contributed by atoms with Gasteiger partial charge in [0.1, 0.15) is 17.3 Å². The lowest BCUT2D eigenvalue weighted by molar-refractivity contribution is 0.0943. The Hall–Kier alpha value is -3.68. The number of hydrogen-bond donors (Lipinski definition) is 1. The zero-order valence-corrected chi connectivity index (χ0v) is 16.4. The number of benzene rings is 1. The number of amides is 1. The number of aromatic nitrogens is 5. The SMILES string of the molecule is COc1ccc(-c2cc(C(=O)NCCCc3nnc4ccccn34)n(C)n2)cc1. The van der Waals surface area contributed by atoms with E-state index in [2.05, 4.69) is 20.6 Å². The zero-order valence-electron chi connectivity index (χ0n) is 16.4. The predicted octanol–water partition coefficient (Wildman–Crippen LogP) is 2.50. The molecule has 0 aliphatic heterocycles. The van der Waals surface area contributed by atoms with Crippen molar-refractivity contribution in [3.63, 3.8) is 0 Å². The van der Waals surface area contributed by atoms with Crippen LogP contribution in [0.2, 0.25) is 0 Å². The van der Waals surface area contributed by atoms with Crippen LogP contribution in [0.25, 0.3) is 16.9 Å². The van der Waals surface area contributed by atoms with E-state index in [4.69, 9.17) is 4.74 Å². The molecule has 3 heterocycles. The van der Waals surface area contributed by atoms with Crippen molar-refractivity contribution in [3.8, 4) is 17.0 Å². The predicted molar refractivity (Wildman–Crippen MR) is 109 cm³/mol. The first-order valence-corrected chi connectivity index (χ1v) is 9.41. The molecule has 0 unspecified atom stereocenters. The molecule has 0 radical (unpaired) electrons. The molecule has 0 aliphatic carbocycles. The Morgan fingerprint density at radius 2 is 1.97 bits per heavy atom. The fraction of sp³-hybridized carbons (Fsp3) is 0.238. The van der Waals surface area contributed by atoms with E-state index < -0.39 is 0 Å². The van der Waals surface area contributed by atoms with Gasteiger partial charge >= 0.3 is 0 Å². The van der Waals surface area contributed by atoms with Crippen molar-refractivity contribution in [2.45, 2.75) is 12.8 Å². The maximum absolute atomic E-state index is 12.6. The van der Waals surface area contributed by atoms with Gasteiger partial charge in [-0.25, -0.2) is 0 Å². The van der Waals surface area contributed by atoms with Crippen molar-refractivity contribution in [1.29, 1.82) is 0 Å². The molecule has 0 aliphatic rings. The molecule has 1 amide bonds. The summed E-state index contributed by atoms with van der Waals surface area (Å²) in [7, 11) is 3.40. The maximum atomic E-state index is 12.6. The molecule has 1 aromatic carbocycles. The highest BCUT2D eigenvalue weighted by Gasteiger charge is 2.14. The Morgan fingerprint density at radius 3 is 2.76 bits per heavy atom. The number of pyridine rings is 1. The van der Waals surface area contributed by atoms with E-state index in [9.17, 15) is 4.79 Å². The number of ether oxygens (including phenoxy) is 1. The Morgan fingerprint density at radius 1 is 1.14 bits per heavy atom. The number of nitrogens with one attached hydrogen (secondary N) is 1. The normalized spacial score (nSPS) is 11.0. The molecule has 0 saturated heterocycles. The van der Waals surface area contributed by atoms with E-state index >= 15 is 0 Å². The van der Waals surface area contributed by atoms with Gasteiger partial charge in [-0.05, 0) is 48.9 Å². The maximum Gasteiger partial charge on any atom is 0.269 e. The molecule has 1 N–H and O–H groups in total. The molecule has 0 fully saturated rings. The standard InChI is InChI=1S/C21H22N6O2/c1-26-18(14-17(25-26)15-8-10-16(29-2)11-9-15)21(28)22-12-5-7-20-24-23-19-6-3-4-13-27(19)20/h3-4,6,8-11,13-14H,5,7,12H2,1-2H3,(H,22,28). The largest absolute Gasteiger partial charge is 0.497 e. The second kappa shape index (κ2) is 8.14. The lowest BCUT2D eigenvalue weighted by atomic mass is 10.1. The molecule has 4 rings (SSSR count). The van der Waals surface area contributed by atoms with E-state index in [1.54, 1.807) is 24.9 Å². The van der Waals surface area contributed by atoms with Gasteiger partial charge in [-0.3, -0.25) is 13.9 Å². The van der Waals surface area contributed by atoms with Crippen LogP contribution in [0.15, 0.2) is 54.7 Å². The van der Waals surface area contributed by atoms with Gasteiger partial charge in [0.05, 0.1) is 12.8 Å². The van der Waals surface area contributed by atoms with Gasteiger partial charge in [-0.2, -0.15) is 5.10 Å². The summed E-state index contributed by atoms with van der Waals surface area (Å²) in [5.74, 6) is 1.52. The summed E-state index contributed by atoms with van der Waals surface area (Å²) >= 11 is 0. The number of hydrogen-bond acceptors (Lipinski definition) is 5. The van der Waals surface area contributed by atoms with Gasteiger partial charge in [0.25, 0.3) is 5.91 Å². The molecule has 0 spiro atoms. The molecular weight excluding hydrogens is 368 g/mol. The van der Waals surface area contributed by atoms with Crippen LogP contribution in [0.3, 0.4) is 0 Å². The molecule has 8 heteroatoms. The molecule has 0 bridgehead atoms. The van der Waals surface area contributed by atoms with Gasteiger partial charge < -0.3 is 10.1 Å². The number of fused-ring (bicyclic) bond motifs is 1. The van der Waals surface area contributed by atoms with Crippen LogP contribution < -0.4 is 10.1 Å². The molecule has 4 aromatic rings. The average molecular weight is 390 g/mol. The van der Waals surface area contributed by atoms with Crippen LogP contribution in [-0.4, -0.2) is 43.9 Å². The third kappa shape index (κ3) is 3.96. The molecule has 29 heavy (non-hydrogen) atoms. The minimum absolute atomic E-state index is 0.147. The summed E-state index contributed by atoms with van der Waals surface area (Å²) in [6.45, 7) is 0.545. The van der Waals surface area contributed by atoms with Gasteiger partial charge in [-0.1, -0.05) is 6.07 Å². The molecule has 0 atom stereocenters. The average Bonchev–Trinajstić information content (AvgIpc) is 3.35. The van der Waals surface area contributed by atoms with E-state index in [-0.39, 0.29) is 5.91 Å². The van der Waals surface area contributed by atoms with Gasteiger partial charge in [-0.15, -0.1) is 10.2 Å². The number of aryl methyl sites for hydroxylation is 2. The first-order chi connectivity index (χ1) is 14.2. The van der Waals surface area contributed by atoms with Crippen LogP contribution in [0.1, 0.15) is 22.7 Å². The highest BCUT2D eigenvalue weighted by molar-refractivity contribution is 5.93. The summed E-state index contributed by atoms with van der Waals surface area (Å²) in [4.78, 5) is 12.6.